The van der Waals surface area contributed by atoms with Crippen LogP contribution < -0.4 is 10.9 Å². The predicted molar refractivity (Wildman–Crippen MR) is 88.5 cm³/mol. The van der Waals surface area contributed by atoms with Gasteiger partial charge in [-0.2, -0.15) is 0 Å². The minimum absolute atomic E-state index is 0.0745. The molecule has 0 fully saturated rings. The molecule has 1 heterocycles. The third-order valence-electron chi connectivity index (χ3n) is 3.29. The van der Waals surface area contributed by atoms with E-state index in [0.717, 1.165) is 12.8 Å². The molecule has 2 aromatic rings. The van der Waals surface area contributed by atoms with E-state index in [9.17, 15) is 9.59 Å². The van der Waals surface area contributed by atoms with Crippen LogP contribution in [-0.4, -0.2) is 21.5 Å². The van der Waals surface area contributed by atoms with Gasteiger partial charge in [0.1, 0.15) is 6.54 Å². The fourth-order valence-corrected chi connectivity index (χ4v) is 2.83. The number of carbonyl (C=O) groups is 1. The Kier molecular flexibility index (Phi) is 5.42. The molecule has 0 saturated heterocycles. The smallest absolute Gasteiger partial charge is 0.261 e. The van der Waals surface area contributed by atoms with Crippen molar-refractivity contribution >= 4 is 40.0 Å². The van der Waals surface area contributed by atoms with Gasteiger partial charge in [-0.1, -0.05) is 36.5 Å². The molecule has 5 nitrogen and oxygen atoms in total. The standard InChI is InChI=1S/C15H17Cl2N3O2/c1-3-4-9(2)19-13(21)7-20-8-18-14-11(15(20)22)5-10(16)6-12(14)17/h5-6,8-9H,3-4,7H2,1-2H3,(H,19,21)/t9-/m0/s1. The van der Waals surface area contributed by atoms with E-state index in [2.05, 4.69) is 10.3 Å². The number of benzene rings is 1. The molecule has 0 aliphatic heterocycles. The van der Waals surface area contributed by atoms with Crippen molar-refractivity contribution in [2.24, 2.45) is 0 Å². The normalized spacial score (nSPS) is 12.4. The van der Waals surface area contributed by atoms with Crippen molar-refractivity contribution < 1.29 is 4.79 Å². The van der Waals surface area contributed by atoms with Crippen LogP contribution in [-0.2, 0) is 11.3 Å². The lowest BCUT2D eigenvalue weighted by molar-refractivity contribution is -0.122. The molecule has 1 aromatic carbocycles. The van der Waals surface area contributed by atoms with Gasteiger partial charge >= 0.3 is 0 Å². The third kappa shape index (κ3) is 3.78. The van der Waals surface area contributed by atoms with Gasteiger partial charge in [0.2, 0.25) is 5.91 Å². The van der Waals surface area contributed by atoms with Gasteiger partial charge in [-0.25, -0.2) is 4.98 Å². The van der Waals surface area contributed by atoms with Crippen LogP contribution in [0.1, 0.15) is 26.7 Å². The first kappa shape index (κ1) is 16.8. The number of fused-ring (bicyclic) bond motifs is 1. The summed E-state index contributed by atoms with van der Waals surface area (Å²) in [5, 5.41) is 3.82. The van der Waals surface area contributed by atoms with Crippen LogP contribution in [0.2, 0.25) is 10.0 Å². The second kappa shape index (κ2) is 7.11. The molecular weight excluding hydrogens is 325 g/mol. The van der Waals surface area contributed by atoms with Crippen molar-refractivity contribution in [2.75, 3.05) is 0 Å². The number of hydrogen-bond donors (Lipinski definition) is 1. The zero-order valence-electron chi connectivity index (χ0n) is 12.4. The van der Waals surface area contributed by atoms with Crippen molar-refractivity contribution in [2.45, 2.75) is 39.3 Å². The Hall–Kier alpha value is -1.59. The summed E-state index contributed by atoms with van der Waals surface area (Å²) in [4.78, 5) is 28.5. The molecule has 0 bridgehead atoms. The van der Waals surface area contributed by atoms with E-state index < -0.39 is 0 Å². The fourth-order valence-electron chi connectivity index (χ4n) is 2.29. The predicted octanol–water partition coefficient (Wildman–Crippen LogP) is 3.01. The molecule has 22 heavy (non-hydrogen) atoms. The van der Waals surface area contributed by atoms with E-state index >= 15 is 0 Å². The SMILES string of the molecule is CCC[C@H](C)NC(=O)Cn1cnc2c(Cl)cc(Cl)cc2c1=O. The van der Waals surface area contributed by atoms with Crippen molar-refractivity contribution in [3.63, 3.8) is 0 Å². The Morgan fingerprint density at radius 2 is 2.14 bits per heavy atom. The largest absolute Gasteiger partial charge is 0.352 e. The first-order valence-corrected chi connectivity index (χ1v) is 7.81. The Morgan fingerprint density at radius 1 is 1.41 bits per heavy atom. The molecule has 0 radical (unpaired) electrons. The van der Waals surface area contributed by atoms with Crippen LogP contribution in [0.5, 0.6) is 0 Å². The number of nitrogens with zero attached hydrogens (tertiary/aromatic N) is 2. The summed E-state index contributed by atoms with van der Waals surface area (Å²) in [5.41, 5.74) is 0.0415. The molecule has 0 saturated carbocycles. The van der Waals surface area contributed by atoms with Gasteiger partial charge in [-0.3, -0.25) is 14.2 Å². The molecule has 0 unspecified atom stereocenters. The first-order valence-electron chi connectivity index (χ1n) is 7.06. The highest BCUT2D eigenvalue weighted by Gasteiger charge is 2.12. The lowest BCUT2D eigenvalue weighted by Crippen LogP contribution is -2.37. The summed E-state index contributed by atoms with van der Waals surface area (Å²) in [6, 6.07) is 3.11. The van der Waals surface area contributed by atoms with Crippen molar-refractivity contribution in [1.29, 1.82) is 0 Å². The highest BCUT2D eigenvalue weighted by Crippen LogP contribution is 2.23. The van der Waals surface area contributed by atoms with Crippen LogP contribution in [0.25, 0.3) is 10.9 Å². The maximum atomic E-state index is 12.4. The number of aromatic nitrogens is 2. The molecule has 118 valence electrons. The number of rotatable bonds is 5. The van der Waals surface area contributed by atoms with Crippen LogP contribution in [0, 0.1) is 0 Å². The summed E-state index contributed by atoms with van der Waals surface area (Å²) < 4.78 is 1.25. The summed E-state index contributed by atoms with van der Waals surface area (Å²) in [5.74, 6) is -0.225. The lowest BCUT2D eigenvalue weighted by Gasteiger charge is -2.13. The van der Waals surface area contributed by atoms with Gasteiger partial charge < -0.3 is 5.32 Å². The number of hydrogen-bond acceptors (Lipinski definition) is 3. The number of nitrogens with one attached hydrogen (secondary N) is 1. The molecule has 1 aromatic heterocycles. The molecule has 1 N–H and O–H groups in total. The average Bonchev–Trinajstić information content (AvgIpc) is 2.42. The summed E-state index contributed by atoms with van der Waals surface area (Å²) in [6.45, 7) is 3.90. The quantitative estimate of drug-likeness (QED) is 0.908. The minimum Gasteiger partial charge on any atom is -0.352 e. The first-order chi connectivity index (χ1) is 10.4. The molecule has 0 aliphatic rings. The number of amides is 1. The van der Waals surface area contributed by atoms with Gasteiger partial charge in [-0.05, 0) is 25.5 Å². The van der Waals surface area contributed by atoms with Gasteiger partial charge in [-0.15, -0.1) is 0 Å². The second-order valence-electron chi connectivity index (χ2n) is 5.22. The maximum Gasteiger partial charge on any atom is 0.261 e. The highest BCUT2D eigenvalue weighted by molar-refractivity contribution is 6.38. The van der Waals surface area contributed by atoms with Gasteiger partial charge in [0.05, 0.1) is 22.3 Å². The molecular formula is C15H17Cl2N3O2. The average molecular weight is 342 g/mol. The molecule has 2 rings (SSSR count). The van der Waals surface area contributed by atoms with E-state index in [1.54, 1.807) is 0 Å². The van der Waals surface area contributed by atoms with Crippen LogP contribution in [0.4, 0.5) is 0 Å². The Bertz CT molecular complexity index is 758. The van der Waals surface area contributed by atoms with Crippen molar-refractivity contribution in [3.05, 3.63) is 38.9 Å². The van der Waals surface area contributed by atoms with Crippen molar-refractivity contribution in [3.8, 4) is 0 Å². The third-order valence-corrected chi connectivity index (χ3v) is 3.80. The highest BCUT2D eigenvalue weighted by atomic mass is 35.5. The fraction of sp³-hybridized carbons (Fsp3) is 0.400. The summed E-state index contributed by atoms with van der Waals surface area (Å²) >= 11 is 11.9. The van der Waals surface area contributed by atoms with E-state index in [1.807, 2.05) is 13.8 Å². The second-order valence-corrected chi connectivity index (χ2v) is 6.06. The Labute approximate surface area is 138 Å². The van der Waals surface area contributed by atoms with Gasteiger partial charge in [0.15, 0.2) is 0 Å². The molecule has 1 atom stereocenters. The van der Waals surface area contributed by atoms with Crippen LogP contribution in [0.3, 0.4) is 0 Å². The maximum absolute atomic E-state index is 12.4. The van der Waals surface area contributed by atoms with E-state index in [4.69, 9.17) is 23.2 Å². The minimum atomic E-state index is -0.340. The monoisotopic (exact) mass is 341 g/mol. The zero-order chi connectivity index (χ0) is 16.3. The molecule has 0 aliphatic carbocycles. The summed E-state index contributed by atoms with van der Waals surface area (Å²) in [7, 11) is 0. The van der Waals surface area contributed by atoms with E-state index in [0.29, 0.717) is 20.9 Å². The number of carbonyl (C=O) groups excluding carboxylic acids is 1. The number of halogens is 2. The van der Waals surface area contributed by atoms with Gasteiger partial charge in [0.25, 0.3) is 5.56 Å². The lowest BCUT2D eigenvalue weighted by atomic mass is 10.2. The molecule has 0 spiro atoms. The van der Waals surface area contributed by atoms with E-state index in [-0.39, 0.29) is 24.1 Å². The van der Waals surface area contributed by atoms with Crippen molar-refractivity contribution in [1.82, 2.24) is 14.9 Å². The van der Waals surface area contributed by atoms with Crippen LogP contribution in [0.15, 0.2) is 23.3 Å². The van der Waals surface area contributed by atoms with Gasteiger partial charge in [0, 0.05) is 11.1 Å². The summed E-state index contributed by atoms with van der Waals surface area (Å²) in [6.07, 6.45) is 3.20. The molecule has 7 heteroatoms. The van der Waals surface area contributed by atoms with Crippen LogP contribution >= 0.6 is 23.2 Å². The Balaban J connectivity index is 2.28. The Morgan fingerprint density at radius 3 is 2.82 bits per heavy atom. The van der Waals surface area contributed by atoms with E-state index in [1.165, 1.54) is 23.0 Å². The zero-order valence-corrected chi connectivity index (χ0v) is 13.9. The topological polar surface area (TPSA) is 64.0 Å². The molecule has 1 amide bonds.